The van der Waals surface area contributed by atoms with Gasteiger partial charge in [0.1, 0.15) is 6.04 Å². The number of carbonyl (C=O) groups is 3. The molecule has 0 rings (SSSR count). The molecule has 9 nitrogen and oxygen atoms in total. The van der Waals surface area contributed by atoms with Gasteiger partial charge in [-0.25, -0.2) is 13.1 Å². The fourth-order valence-corrected chi connectivity index (χ4v) is 2.36. The molecule has 0 bridgehead atoms. The standard InChI is InChI=1S/C10H17NO8S/c1-6(10(15)19-3)20(16,17)11-7(9(13)14)4-5-8(12)18-2/h6-7,11H,4-5H2,1-3H3,(H,13,14)/t6?,7-/m1/s1. The monoisotopic (exact) mass is 311 g/mol. The van der Waals surface area contributed by atoms with E-state index in [0.717, 1.165) is 21.1 Å². The first-order valence-electron chi connectivity index (χ1n) is 5.54. The highest BCUT2D eigenvalue weighted by Gasteiger charge is 2.33. The maximum Gasteiger partial charge on any atom is 0.325 e. The Balaban J connectivity index is 4.86. The highest BCUT2D eigenvalue weighted by Crippen LogP contribution is 2.06. The van der Waals surface area contributed by atoms with Crippen LogP contribution in [0.15, 0.2) is 0 Å². The molecule has 0 aromatic heterocycles. The van der Waals surface area contributed by atoms with Crippen molar-refractivity contribution in [3.05, 3.63) is 0 Å². The van der Waals surface area contributed by atoms with Gasteiger partial charge in [-0.2, -0.15) is 0 Å². The summed E-state index contributed by atoms with van der Waals surface area (Å²) in [6, 6.07) is -1.54. The number of carboxylic acid groups (broad SMARTS) is 1. The lowest BCUT2D eigenvalue weighted by Gasteiger charge is -2.17. The van der Waals surface area contributed by atoms with Crippen molar-refractivity contribution in [1.82, 2.24) is 4.72 Å². The fraction of sp³-hybridized carbons (Fsp3) is 0.700. The Kier molecular flexibility index (Phi) is 7.14. The molecule has 20 heavy (non-hydrogen) atoms. The molecule has 0 saturated carbocycles. The van der Waals surface area contributed by atoms with E-state index in [-0.39, 0.29) is 12.8 Å². The van der Waals surface area contributed by atoms with Crippen LogP contribution in [0.5, 0.6) is 0 Å². The second-order valence-corrected chi connectivity index (χ2v) is 5.87. The number of nitrogens with one attached hydrogen (secondary N) is 1. The maximum atomic E-state index is 11.8. The lowest BCUT2D eigenvalue weighted by molar-refractivity contribution is -0.143. The van der Waals surface area contributed by atoms with Crippen LogP contribution in [0, 0.1) is 0 Å². The summed E-state index contributed by atoms with van der Waals surface area (Å²) in [6.07, 6.45) is -0.572. The van der Waals surface area contributed by atoms with E-state index in [1.807, 2.05) is 4.72 Å². The van der Waals surface area contributed by atoms with Crippen LogP contribution in [0.4, 0.5) is 0 Å². The van der Waals surface area contributed by atoms with E-state index in [9.17, 15) is 22.8 Å². The van der Waals surface area contributed by atoms with E-state index < -0.39 is 39.2 Å². The number of methoxy groups -OCH3 is 2. The largest absolute Gasteiger partial charge is 0.480 e. The molecule has 0 aliphatic carbocycles. The van der Waals surface area contributed by atoms with Crippen molar-refractivity contribution in [3.8, 4) is 0 Å². The number of hydrogen-bond donors (Lipinski definition) is 2. The highest BCUT2D eigenvalue weighted by molar-refractivity contribution is 7.90. The first kappa shape index (κ1) is 18.3. The average Bonchev–Trinajstić information content (AvgIpc) is 2.40. The van der Waals surface area contributed by atoms with E-state index in [1.165, 1.54) is 0 Å². The Labute approximate surface area is 116 Å². The van der Waals surface area contributed by atoms with Crippen molar-refractivity contribution < 1.29 is 37.4 Å². The van der Waals surface area contributed by atoms with Gasteiger partial charge in [-0.05, 0) is 13.3 Å². The number of carboxylic acids is 1. The number of ether oxygens (including phenoxy) is 2. The van der Waals surface area contributed by atoms with Crippen molar-refractivity contribution in [1.29, 1.82) is 0 Å². The summed E-state index contributed by atoms with van der Waals surface area (Å²) in [5, 5.41) is 7.34. The van der Waals surface area contributed by atoms with Gasteiger partial charge < -0.3 is 14.6 Å². The molecule has 0 aromatic rings. The molecular weight excluding hydrogens is 294 g/mol. The summed E-state index contributed by atoms with van der Waals surface area (Å²) < 4.78 is 34.0. The number of hydrogen-bond acceptors (Lipinski definition) is 7. The van der Waals surface area contributed by atoms with Crippen LogP contribution in [0.25, 0.3) is 0 Å². The Bertz CT molecular complexity index is 472. The molecular formula is C10H17NO8S. The van der Waals surface area contributed by atoms with E-state index in [1.54, 1.807) is 0 Å². The molecule has 10 heteroatoms. The molecule has 1 unspecified atom stereocenters. The zero-order chi connectivity index (χ0) is 15.9. The average molecular weight is 311 g/mol. The van der Waals surface area contributed by atoms with Gasteiger partial charge in [0.15, 0.2) is 5.25 Å². The SMILES string of the molecule is COC(=O)CC[C@@H](NS(=O)(=O)C(C)C(=O)OC)C(=O)O. The highest BCUT2D eigenvalue weighted by atomic mass is 32.2. The van der Waals surface area contributed by atoms with Gasteiger partial charge in [0.25, 0.3) is 0 Å². The second kappa shape index (κ2) is 7.80. The topological polar surface area (TPSA) is 136 Å². The predicted molar refractivity (Wildman–Crippen MR) is 66.2 cm³/mol. The van der Waals surface area contributed by atoms with Crippen LogP contribution in [-0.2, 0) is 33.9 Å². The summed E-state index contributed by atoms with van der Waals surface area (Å²) in [5.41, 5.74) is 0. The van der Waals surface area contributed by atoms with Gasteiger partial charge in [-0.1, -0.05) is 0 Å². The normalized spacial score (nSPS) is 14.2. The quantitative estimate of drug-likeness (QED) is 0.538. The van der Waals surface area contributed by atoms with Gasteiger partial charge >= 0.3 is 17.9 Å². The molecule has 0 saturated heterocycles. The van der Waals surface area contributed by atoms with Crippen LogP contribution in [0.2, 0.25) is 0 Å². The molecule has 0 radical (unpaired) electrons. The Morgan fingerprint density at radius 2 is 1.75 bits per heavy atom. The van der Waals surface area contributed by atoms with Crippen LogP contribution < -0.4 is 4.72 Å². The molecule has 0 amide bonds. The zero-order valence-electron chi connectivity index (χ0n) is 11.3. The smallest absolute Gasteiger partial charge is 0.325 e. The molecule has 0 spiro atoms. The molecule has 0 heterocycles. The Morgan fingerprint density at radius 3 is 2.15 bits per heavy atom. The fourth-order valence-electron chi connectivity index (χ4n) is 1.19. The summed E-state index contributed by atoms with van der Waals surface area (Å²) in [5.74, 6) is -3.15. The summed E-state index contributed by atoms with van der Waals surface area (Å²) in [6.45, 7) is 1.06. The number of sulfonamides is 1. The summed E-state index contributed by atoms with van der Waals surface area (Å²) in [4.78, 5) is 33.0. The van der Waals surface area contributed by atoms with Gasteiger partial charge in [-0.3, -0.25) is 14.4 Å². The molecule has 0 fully saturated rings. The Hall–Kier alpha value is -1.68. The van der Waals surface area contributed by atoms with Crippen molar-refractivity contribution in [3.63, 3.8) is 0 Å². The molecule has 0 aliphatic heterocycles. The number of carbonyl (C=O) groups excluding carboxylic acids is 2. The van der Waals surface area contributed by atoms with Crippen molar-refractivity contribution in [2.75, 3.05) is 14.2 Å². The van der Waals surface area contributed by atoms with Gasteiger partial charge in [0.2, 0.25) is 10.0 Å². The second-order valence-electron chi connectivity index (χ2n) is 3.83. The van der Waals surface area contributed by atoms with Crippen LogP contribution in [-0.4, -0.2) is 56.9 Å². The molecule has 2 atom stereocenters. The zero-order valence-corrected chi connectivity index (χ0v) is 12.1. The van der Waals surface area contributed by atoms with E-state index in [2.05, 4.69) is 9.47 Å². The first-order chi connectivity index (χ1) is 9.15. The van der Waals surface area contributed by atoms with Crippen molar-refractivity contribution >= 4 is 27.9 Å². The van der Waals surface area contributed by atoms with Crippen molar-refractivity contribution in [2.45, 2.75) is 31.1 Å². The van der Waals surface area contributed by atoms with Crippen LogP contribution in [0.1, 0.15) is 19.8 Å². The summed E-state index contributed by atoms with van der Waals surface area (Å²) >= 11 is 0. The van der Waals surface area contributed by atoms with Crippen LogP contribution in [0.3, 0.4) is 0 Å². The molecule has 116 valence electrons. The number of aliphatic carboxylic acids is 1. The first-order valence-corrected chi connectivity index (χ1v) is 7.09. The van der Waals surface area contributed by atoms with Gasteiger partial charge in [0.05, 0.1) is 14.2 Å². The Morgan fingerprint density at radius 1 is 1.20 bits per heavy atom. The minimum Gasteiger partial charge on any atom is -0.480 e. The minimum atomic E-state index is -4.23. The lowest BCUT2D eigenvalue weighted by atomic mass is 10.2. The van der Waals surface area contributed by atoms with E-state index in [0.29, 0.717) is 0 Å². The minimum absolute atomic E-state index is 0.275. The van der Waals surface area contributed by atoms with Gasteiger partial charge in [0, 0.05) is 6.42 Å². The van der Waals surface area contributed by atoms with E-state index >= 15 is 0 Å². The third-order valence-electron chi connectivity index (χ3n) is 2.47. The third-order valence-corrected chi connectivity index (χ3v) is 4.20. The molecule has 0 aromatic carbocycles. The van der Waals surface area contributed by atoms with Gasteiger partial charge in [-0.15, -0.1) is 0 Å². The predicted octanol–water partition coefficient (Wildman–Crippen LogP) is -1.13. The number of rotatable bonds is 8. The molecule has 2 N–H and O–H groups in total. The molecule has 0 aliphatic rings. The summed E-state index contributed by atoms with van der Waals surface area (Å²) in [7, 11) is -2.09. The lowest BCUT2D eigenvalue weighted by Crippen LogP contribution is -2.46. The maximum absolute atomic E-state index is 11.8. The third kappa shape index (κ3) is 5.53. The number of esters is 2. The van der Waals surface area contributed by atoms with Crippen LogP contribution >= 0.6 is 0 Å². The van der Waals surface area contributed by atoms with E-state index in [4.69, 9.17) is 5.11 Å². The van der Waals surface area contributed by atoms with Crippen molar-refractivity contribution in [2.24, 2.45) is 0 Å².